The topological polar surface area (TPSA) is 49.8 Å². The lowest BCUT2D eigenvalue weighted by molar-refractivity contribution is -0.139. The quantitative estimate of drug-likeness (QED) is 0.798. The largest absolute Gasteiger partial charge is 0.480 e. The molecule has 0 radical (unpaired) electrons. The lowest BCUT2D eigenvalue weighted by atomic mass is 10.0. The number of carboxylic acids is 1. The zero-order valence-electron chi connectivity index (χ0n) is 12.4. The molecule has 0 bridgehead atoms. The molecule has 0 aliphatic rings. The zero-order chi connectivity index (χ0) is 16.0. The van der Waals surface area contributed by atoms with Crippen molar-refractivity contribution in [1.82, 2.24) is 4.90 Å². The van der Waals surface area contributed by atoms with Crippen LogP contribution >= 0.6 is 0 Å². The van der Waals surface area contributed by atoms with E-state index < -0.39 is 12.6 Å². The van der Waals surface area contributed by atoms with E-state index in [9.17, 15) is 13.6 Å². The molecule has 1 aromatic carbocycles. The van der Waals surface area contributed by atoms with Gasteiger partial charge in [0.15, 0.2) is 0 Å². The van der Waals surface area contributed by atoms with E-state index in [-0.39, 0.29) is 24.4 Å². The average Bonchev–Trinajstić information content (AvgIpc) is 2.43. The van der Waals surface area contributed by atoms with Gasteiger partial charge in [0.1, 0.15) is 5.75 Å². The molecule has 0 aliphatic carbocycles. The van der Waals surface area contributed by atoms with Crippen molar-refractivity contribution < 1.29 is 23.4 Å². The van der Waals surface area contributed by atoms with Crippen LogP contribution in [0.2, 0.25) is 0 Å². The highest BCUT2D eigenvalue weighted by Crippen LogP contribution is 2.25. The van der Waals surface area contributed by atoms with Crippen LogP contribution in [-0.4, -0.2) is 35.2 Å². The highest BCUT2D eigenvalue weighted by atomic mass is 19.3. The maximum absolute atomic E-state index is 12.1. The van der Waals surface area contributed by atoms with E-state index in [1.165, 1.54) is 12.1 Å². The third-order valence-electron chi connectivity index (χ3n) is 3.56. The van der Waals surface area contributed by atoms with E-state index in [1.807, 2.05) is 25.7 Å². The van der Waals surface area contributed by atoms with Crippen molar-refractivity contribution in [2.45, 2.75) is 45.9 Å². The lowest BCUT2D eigenvalue weighted by Gasteiger charge is -2.33. The van der Waals surface area contributed by atoms with Crippen molar-refractivity contribution in [3.63, 3.8) is 0 Å². The van der Waals surface area contributed by atoms with Gasteiger partial charge in [-0.3, -0.25) is 9.69 Å². The van der Waals surface area contributed by atoms with Crippen molar-refractivity contribution >= 4 is 5.97 Å². The second kappa shape index (κ2) is 7.93. The molecule has 0 saturated heterocycles. The number of carbonyl (C=O) groups is 1. The molecule has 0 heterocycles. The monoisotopic (exact) mass is 301 g/mol. The molecular weight excluding hydrogens is 280 g/mol. The fraction of sp³-hybridized carbons (Fsp3) is 0.533. The first-order valence-corrected chi connectivity index (χ1v) is 6.87. The average molecular weight is 301 g/mol. The maximum atomic E-state index is 12.1. The summed E-state index contributed by atoms with van der Waals surface area (Å²) in [6.07, 6.45) is 0.824. The number of benzene rings is 1. The van der Waals surface area contributed by atoms with Gasteiger partial charge in [0.2, 0.25) is 0 Å². The van der Waals surface area contributed by atoms with Gasteiger partial charge >= 0.3 is 12.6 Å². The van der Waals surface area contributed by atoms with Gasteiger partial charge < -0.3 is 9.84 Å². The molecule has 0 aromatic heterocycles. The molecule has 2 unspecified atom stereocenters. The highest BCUT2D eigenvalue weighted by molar-refractivity contribution is 5.69. The second-order valence-corrected chi connectivity index (χ2v) is 4.95. The minimum atomic E-state index is -2.85. The Labute approximate surface area is 123 Å². The highest BCUT2D eigenvalue weighted by Gasteiger charge is 2.22. The number of ether oxygens (including phenoxy) is 1. The summed E-state index contributed by atoms with van der Waals surface area (Å²) in [7, 11) is 0. The molecular formula is C15H21F2NO3. The Kier molecular flexibility index (Phi) is 6.55. The minimum Gasteiger partial charge on any atom is -0.480 e. The van der Waals surface area contributed by atoms with E-state index in [1.54, 1.807) is 12.1 Å². The van der Waals surface area contributed by atoms with Crippen LogP contribution < -0.4 is 4.74 Å². The third kappa shape index (κ3) is 5.30. The zero-order valence-corrected chi connectivity index (χ0v) is 12.4. The van der Waals surface area contributed by atoms with E-state index in [0.29, 0.717) is 0 Å². The van der Waals surface area contributed by atoms with Gasteiger partial charge in [0, 0.05) is 12.1 Å². The molecule has 118 valence electrons. The van der Waals surface area contributed by atoms with Crippen molar-refractivity contribution in [2.75, 3.05) is 6.54 Å². The van der Waals surface area contributed by atoms with Crippen LogP contribution in [-0.2, 0) is 4.79 Å². The molecule has 0 saturated carbocycles. The van der Waals surface area contributed by atoms with Crippen LogP contribution in [0.4, 0.5) is 8.78 Å². The number of alkyl halides is 2. The summed E-state index contributed by atoms with van der Waals surface area (Å²) < 4.78 is 28.5. The van der Waals surface area contributed by atoms with E-state index in [4.69, 9.17) is 5.11 Å². The van der Waals surface area contributed by atoms with Gasteiger partial charge in [-0.15, -0.1) is 0 Å². The van der Waals surface area contributed by atoms with Crippen molar-refractivity contribution in [1.29, 1.82) is 0 Å². The molecule has 1 aromatic rings. The Balaban J connectivity index is 2.87. The number of hydrogen-bond donors (Lipinski definition) is 1. The Morgan fingerprint density at radius 1 is 1.29 bits per heavy atom. The molecule has 6 heteroatoms. The minimum absolute atomic E-state index is 0.0640. The van der Waals surface area contributed by atoms with Crippen LogP contribution in [0.15, 0.2) is 24.3 Å². The molecule has 0 fully saturated rings. The Morgan fingerprint density at radius 3 is 2.29 bits per heavy atom. The van der Waals surface area contributed by atoms with Gasteiger partial charge in [-0.2, -0.15) is 8.78 Å². The number of aliphatic carboxylic acids is 1. The molecule has 4 nitrogen and oxygen atoms in total. The molecule has 21 heavy (non-hydrogen) atoms. The fourth-order valence-electron chi connectivity index (χ4n) is 2.18. The standard InChI is InChI=1S/C15H21F2NO3/c1-4-10(2)18(9-14(19)20)11(3)12-5-7-13(8-6-12)21-15(16)17/h5-8,10-11,15H,4,9H2,1-3H3,(H,19,20). The van der Waals surface area contributed by atoms with Crippen molar-refractivity contribution in [2.24, 2.45) is 0 Å². The smallest absolute Gasteiger partial charge is 0.387 e. The predicted octanol–water partition coefficient (Wildman–Crippen LogP) is 3.53. The number of carboxylic acid groups (broad SMARTS) is 1. The molecule has 0 aliphatic heterocycles. The van der Waals surface area contributed by atoms with Gasteiger partial charge in [0.25, 0.3) is 0 Å². The first-order valence-electron chi connectivity index (χ1n) is 6.87. The van der Waals surface area contributed by atoms with Gasteiger partial charge in [-0.05, 0) is 38.0 Å². The lowest BCUT2D eigenvalue weighted by Crippen LogP contribution is -2.39. The van der Waals surface area contributed by atoms with Crippen molar-refractivity contribution in [3.8, 4) is 5.75 Å². The molecule has 2 atom stereocenters. The number of halogens is 2. The van der Waals surface area contributed by atoms with Gasteiger partial charge in [-0.25, -0.2) is 0 Å². The maximum Gasteiger partial charge on any atom is 0.387 e. The normalized spacial score (nSPS) is 14.2. The molecule has 1 N–H and O–H groups in total. The van der Waals surface area contributed by atoms with E-state index >= 15 is 0 Å². The fourth-order valence-corrected chi connectivity index (χ4v) is 2.18. The summed E-state index contributed by atoms with van der Waals surface area (Å²) in [6.45, 7) is 2.94. The number of hydrogen-bond acceptors (Lipinski definition) is 3. The summed E-state index contributed by atoms with van der Waals surface area (Å²) in [4.78, 5) is 12.9. The second-order valence-electron chi connectivity index (χ2n) is 4.95. The summed E-state index contributed by atoms with van der Waals surface area (Å²) >= 11 is 0. The van der Waals surface area contributed by atoms with Crippen LogP contribution in [0.25, 0.3) is 0 Å². The Bertz CT molecular complexity index is 451. The Hall–Kier alpha value is -1.69. The number of nitrogens with zero attached hydrogens (tertiary/aromatic N) is 1. The van der Waals surface area contributed by atoms with Gasteiger partial charge in [0.05, 0.1) is 6.54 Å². The summed E-state index contributed by atoms with van der Waals surface area (Å²) in [5, 5.41) is 9.02. The summed E-state index contributed by atoms with van der Waals surface area (Å²) in [6, 6.07) is 6.27. The van der Waals surface area contributed by atoms with Gasteiger partial charge in [-0.1, -0.05) is 19.1 Å². The first kappa shape index (κ1) is 17.4. The molecule has 1 rings (SSSR count). The van der Waals surface area contributed by atoms with E-state index in [0.717, 1.165) is 12.0 Å². The summed E-state index contributed by atoms with van der Waals surface area (Å²) in [5.74, 6) is -0.797. The summed E-state index contributed by atoms with van der Waals surface area (Å²) in [5.41, 5.74) is 0.859. The SMILES string of the molecule is CCC(C)N(CC(=O)O)C(C)c1ccc(OC(F)F)cc1. The Morgan fingerprint density at radius 2 is 1.86 bits per heavy atom. The van der Waals surface area contributed by atoms with Crippen LogP contribution in [0.3, 0.4) is 0 Å². The van der Waals surface area contributed by atoms with Crippen molar-refractivity contribution in [3.05, 3.63) is 29.8 Å². The first-order chi connectivity index (χ1) is 9.85. The van der Waals surface area contributed by atoms with Crippen LogP contribution in [0.5, 0.6) is 5.75 Å². The predicted molar refractivity (Wildman–Crippen MR) is 75.6 cm³/mol. The third-order valence-corrected chi connectivity index (χ3v) is 3.56. The van der Waals surface area contributed by atoms with Crippen LogP contribution in [0, 0.1) is 0 Å². The van der Waals surface area contributed by atoms with E-state index in [2.05, 4.69) is 4.74 Å². The molecule has 0 spiro atoms. The molecule has 0 amide bonds. The van der Waals surface area contributed by atoms with Crippen LogP contribution in [0.1, 0.15) is 38.8 Å². The number of rotatable bonds is 8.